The van der Waals surface area contributed by atoms with Gasteiger partial charge in [-0.25, -0.2) is 0 Å². The molecular weight excluding hydrogens is 296 g/mol. The molecule has 1 saturated carbocycles. The molecule has 0 spiro atoms. The van der Waals surface area contributed by atoms with E-state index in [2.05, 4.69) is 35.5 Å². The lowest BCUT2D eigenvalue weighted by atomic mass is 9.72. The molecule has 2 aliphatic rings. The van der Waals surface area contributed by atoms with Crippen molar-refractivity contribution < 1.29 is 9.47 Å². The summed E-state index contributed by atoms with van der Waals surface area (Å²) in [5.74, 6) is 0. The SMILES string of the molecule is CCOC1CC(CNCc2sccc2C)(N2CCOCC2)C1. The molecule has 3 rings (SSSR count). The van der Waals surface area contributed by atoms with Crippen molar-refractivity contribution >= 4 is 11.3 Å². The summed E-state index contributed by atoms with van der Waals surface area (Å²) in [6, 6.07) is 2.20. The minimum absolute atomic E-state index is 0.273. The van der Waals surface area contributed by atoms with Gasteiger partial charge in [0.05, 0.1) is 19.3 Å². The van der Waals surface area contributed by atoms with Crippen LogP contribution >= 0.6 is 11.3 Å². The number of hydrogen-bond donors (Lipinski definition) is 1. The van der Waals surface area contributed by atoms with Gasteiger partial charge >= 0.3 is 0 Å². The standard InChI is InChI=1S/C17H28N2O2S/c1-3-21-15-10-17(11-15,19-5-7-20-8-6-19)13-18-12-16-14(2)4-9-22-16/h4,9,15,18H,3,5-8,10-13H2,1-2H3. The Balaban J connectivity index is 1.56. The van der Waals surface area contributed by atoms with Gasteiger partial charge in [0.15, 0.2) is 0 Å². The van der Waals surface area contributed by atoms with Crippen molar-refractivity contribution in [2.24, 2.45) is 0 Å². The van der Waals surface area contributed by atoms with Gasteiger partial charge in [-0.1, -0.05) is 0 Å². The second kappa shape index (κ2) is 7.41. The summed E-state index contributed by atoms with van der Waals surface area (Å²) in [6.45, 7) is 11.0. The van der Waals surface area contributed by atoms with Crippen molar-refractivity contribution in [3.8, 4) is 0 Å². The number of nitrogens with one attached hydrogen (secondary N) is 1. The van der Waals surface area contributed by atoms with E-state index in [9.17, 15) is 0 Å². The van der Waals surface area contributed by atoms with E-state index < -0.39 is 0 Å². The lowest BCUT2D eigenvalue weighted by Crippen LogP contribution is -2.66. The minimum Gasteiger partial charge on any atom is -0.379 e. The third-order valence-electron chi connectivity index (χ3n) is 5.01. The minimum atomic E-state index is 0.273. The Labute approximate surface area is 137 Å². The highest BCUT2D eigenvalue weighted by Gasteiger charge is 2.48. The zero-order valence-electron chi connectivity index (χ0n) is 13.8. The summed E-state index contributed by atoms with van der Waals surface area (Å²) in [6.07, 6.45) is 2.74. The lowest BCUT2D eigenvalue weighted by Gasteiger charge is -2.55. The second-order valence-electron chi connectivity index (χ2n) is 6.44. The van der Waals surface area contributed by atoms with E-state index in [1.54, 1.807) is 0 Å². The van der Waals surface area contributed by atoms with Crippen LogP contribution in [0.2, 0.25) is 0 Å². The number of rotatable bonds is 7. The maximum Gasteiger partial charge on any atom is 0.0611 e. The maximum atomic E-state index is 5.81. The highest BCUT2D eigenvalue weighted by molar-refractivity contribution is 7.10. The van der Waals surface area contributed by atoms with Crippen molar-refractivity contribution in [2.75, 3.05) is 39.5 Å². The molecule has 1 aromatic rings. The van der Waals surface area contributed by atoms with Crippen LogP contribution in [0.3, 0.4) is 0 Å². The average Bonchev–Trinajstić information content (AvgIpc) is 2.91. The molecule has 1 aliphatic heterocycles. The molecule has 22 heavy (non-hydrogen) atoms. The van der Waals surface area contributed by atoms with Crippen molar-refractivity contribution in [1.82, 2.24) is 10.2 Å². The van der Waals surface area contributed by atoms with Crippen LogP contribution in [0.4, 0.5) is 0 Å². The van der Waals surface area contributed by atoms with E-state index in [0.717, 1.165) is 58.8 Å². The van der Waals surface area contributed by atoms with Crippen molar-refractivity contribution in [2.45, 2.75) is 44.9 Å². The van der Waals surface area contributed by atoms with Gasteiger partial charge in [-0.15, -0.1) is 11.3 Å². The van der Waals surface area contributed by atoms with Gasteiger partial charge in [0.1, 0.15) is 0 Å². The van der Waals surface area contributed by atoms with Crippen molar-refractivity contribution in [1.29, 1.82) is 0 Å². The first-order valence-corrected chi connectivity index (χ1v) is 9.29. The van der Waals surface area contributed by atoms with Crippen LogP contribution in [-0.2, 0) is 16.0 Å². The number of morpholine rings is 1. The van der Waals surface area contributed by atoms with E-state index in [4.69, 9.17) is 9.47 Å². The molecule has 1 saturated heterocycles. The molecule has 0 unspecified atom stereocenters. The van der Waals surface area contributed by atoms with Gasteiger partial charge in [-0.05, 0) is 43.7 Å². The molecule has 0 atom stereocenters. The van der Waals surface area contributed by atoms with Gasteiger partial charge in [0.25, 0.3) is 0 Å². The summed E-state index contributed by atoms with van der Waals surface area (Å²) in [4.78, 5) is 4.08. The van der Waals surface area contributed by atoms with E-state index in [1.165, 1.54) is 10.4 Å². The van der Waals surface area contributed by atoms with Gasteiger partial charge in [0.2, 0.25) is 0 Å². The zero-order chi connectivity index (χ0) is 15.4. The van der Waals surface area contributed by atoms with E-state index in [0.29, 0.717) is 6.10 Å². The smallest absolute Gasteiger partial charge is 0.0611 e. The summed E-state index contributed by atoms with van der Waals surface area (Å²) < 4.78 is 11.3. The van der Waals surface area contributed by atoms with E-state index >= 15 is 0 Å². The van der Waals surface area contributed by atoms with Crippen LogP contribution in [0.25, 0.3) is 0 Å². The normalized spacial score (nSPS) is 29.5. The molecular formula is C17H28N2O2S. The predicted octanol–water partition coefficient (Wildman–Crippen LogP) is 2.42. The van der Waals surface area contributed by atoms with E-state index in [1.807, 2.05) is 11.3 Å². The summed E-state index contributed by atoms with van der Waals surface area (Å²) in [5, 5.41) is 5.88. The topological polar surface area (TPSA) is 33.7 Å². The van der Waals surface area contributed by atoms with Crippen molar-refractivity contribution in [3.05, 3.63) is 21.9 Å². The van der Waals surface area contributed by atoms with Crippen LogP contribution in [0.5, 0.6) is 0 Å². The maximum absolute atomic E-state index is 5.81. The first-order chi connectivity index (χ1) is 10.7. The van der Waals surface area contributed by atoms with Crippen molar-refractivity contribution in [3.63, 3.8) is 0 Å². The Morgan fingerprint density at radius 1 is 1.41 bits per heavy atom. The monoisotopic (exact) mass is 324 g/mol. The lowest BCUT2D eigenvalue weighted by molar-refractivity contribution is -0.125. The van der Waals surface area contributed by atoms with Gasteiger partial charge in [0, 0.05) is 43.2 Å². The molecule has 1 N–H and O–H groups in total. The fourth-order valence-corrected chi connectivity index (χ4v) is 4.56. The zero-order valence-corrected chi connectivity index (χ0v) is 14.6. The highest BCUT2D eigenvalue weighted by Crippen LogP contribution is 2.40. The fourth-order valence-electron chi connectivity index (χ4n) is 3.69. The summed E-state index contributed by atoms with van der Waals surface area (Å²) in [7, 11) is 0. The number of nitrogens with zero attached hydrogens (tertiary/aromatic N) is 1. The van der Waals surface area contributed by atoms with Crippen LogP contribution in [0.1, 0.15) is 30.2 Å². The molecule has 2 heterocycles. The third-order valence-corrected chi connectivity index (χ3v) is 6.03. The number of thiophene rings is 1. The number of hydrogen-bond acceptors (Lipinski definition) is 5. The fraction of sp³-hybridized carbons (Fsp3) is 0.765. The first-order valence-electron chi connectivity index (χ1n) is 8.41. The average molecular weight is 324 g/mol. The third kappa shape index (κ3) is 3.54. The van der Waals surface area contributed by atoms with Gasteiger partial charge in [-0.3, -0.25) is 4.90 Å². The highest BCUT2D eigenvalue weighted by atomic mass is 32.1. The molecule has 4 nitrogen and oxygen atoms in total. The number of aryl methyl sites for hydroxylation is 1. The predicted molar refractivity (Wildman–Crippen MR) is 90.5 cm³/mol. The van der Waals surface area contributed by atoms with Crippen LogP contribution in [-0.4, -0.2) is 56.0 Å². The molecule has 0 radical (unpaired) electrons. The molecule has 5 heteroatoms. The van der Waals surface area contributed by atoms with E-state index in [-0.39, 0.29) is 5.54 Å². The largest absolute Gasteiger partial charge is 0.379 e. The van der Waals surface area contributed by atoms with Gasteiger partial charge < -0.3 is 14.8 Å². The molecule has 0 aromatic carbocycles. The molecule has 0 amide bonds. The van der Waals surface area contributed by atoms with Crippen LogP contribution < -0.4 is 5.32 Å². The molecule has 0 bridgehead atoms. The quantitative estimate of drug-likeness (QED) is 0.835. The van der Waals surface area contributed by atoms with Crippen LogP contribution in [0.15, 0.2) is 11.4 Å². The Hall–Kier alpha value is -0.460. The second-order valence-corrected chi connectivity index (χ2v) is 7.44. The van der Waals surface area contributed by atoms with Crippen LogP contribution in [0, 0.1) is 6.92 Å². The Bertz CT molecular complexity index is 465. The Morgan fingerprint density at radius 2 is 2.18 bits per heavy atom. The molecule has 1 aromatic heterocycles. The molecule has 124 valence electrons. The molecule has 1 aliphatic carbocycles. The molecule has 2 fully saturated rings. The summed E-state index contributed by atoms with van der Waals surface area (Å²) in [5.41, 5.74) is 1.67. The number of ether oxygens (including phenoxy) is 2. The Morgan fingerprint density at radius 3 is 2.82 bits per heavy atom. The Kier molecular flexibility index (Phi) is 5.52. The first kappa shape index (κ1) is 16.4. The summed E-state index contributed by atoms with van der Waals surface area (Å²) >= 11 is 1.85. The van der Waals surface area contributed by atoms with Gasteiger partial charge in [-0.2, -0.15) is 0 Å².